The van der Waals surface area contributed by atoms with Crippen LogP contribution in [0, 0.1) is 17.3 Å². The molecule has 33 heavy (non-hydrogen) atoms. The fourth-order valence-corrected chi connectivity index (χ4v) is 6.68. The normalized spacial score (nSPS) is 28.9. The van der Waals surface area contributed by atoms with E-state index in [1.165, 1.54) is 11.1 Å². The molecule has 3 aliphatic carbocycles. The van der Waals surface area contributed by atoms with Crippen molar-refractivity contribution in [2.75, 3.05) is 6.61 Å². The second-order valence-corrected chi connectivity index (χ2v) is 11.0. The topological polar surface area (TPSA) is 69.7 Å². The largest absolute Gasteiger partial charge is 0.534 e. The van der Waals surface area contributed by atoms with Gasteiger partial charge in [0.15, 0.2) is 0 Å². The maximum absolute atomic E-state index is 12.9. The van der Waals surface area contributed by atoms with E-state index in [2.05, 4.69) is 16.3 Å². The van der Waals surface area contributed by atoms with Crippen LogP contribution in [0.15, 0.2) is 30.0 Å². The average molecular weight is 487 g/mol. The molecule has 4 atom stereocenters. The lowest BCUT2D eigenvalue weighted by Gasteiger charge is -2.49. The zero-order chi connectivity index (χ0) is 24.0. The quantitative estimate of drug-likeness (QED) is 0.306. The third-order valence-electron chi connectivity index (χ3n) is 7.71. The van der Waals surface area contributed by atoms with Gasteiger partial charge >= 0.3 is 21.6 Å². The van der Waals surface area contributed by atoms with Crippen molar-refractivity contribution in [3.8, 4) is 0 Å². The number of ether oxygens (including phenoxy) is 1. The van der Waals surface area contributed by atoms with Gasteiger partial charge in [-0.05, 0) is 86.0 Å². The Morgan fingerprint density at radius 3 is 2.70 bits per heavy atom. The standard InChI is InChI=1S/C24H29F3O5S/c1-3-31-22(28)11-5-15-4-7-17-16(14-15)6-8-19-18(17)12-13-23(2)20(19)9-10-21(23)32-33(29,30)24(25,26)27/h4,7,10,14,18-20H,3,5-6,8-9,11-13H2,1-2H3/t18-,19-,20+,23+/m1/s1. The van der Waals surface area contributed by atoms with Crippen LogP contribution in [0.3, 0.4) is 0 Å². The molecule has 1 fully saturated rings. The average Bonchev–Trinajstić information content (AvgIpc) is 3.07. The van der Waals surface area contributed by atoms with E-state index in [1.54, 1.807) is 13.0 Å². The van der Waals surface area contributed by atoms with Crippen LogP contribution in [0.4, 0.5) is 13.2 Å². The molecule has 0 spiro atoms. The summed E-state index contributed by atoms with van der Waals surface area (Å²) in [4.78, 5) is 11.7. The summed E-state index contributed by atoms with van der Waals surface area (Å²) in [5.41, 5.74) is -2.52. The number of hydrogen-bond acceptors (Lipinski definition) is 5. The Morgan fingerprint density at radius 2 is 2.00 bits per heavy atom. The molecular weight excluding hydrogens is 457 g/mol. The summed E-state index contributed by atoms with van der Waals surface area (Å²) < 4.78 is 71.5. The zero-order valence-electron chi connectivity index (χ0n) is 18.8. The first-order valence-corrected chi connectivity index (χ1v) is 12.9. The predicted octanol–water partition coefficient (Wildman–Crippen LogP) is 5.40. The second-order valence-electron chi connectivity index (χ2n) is 9.50. The molecule has 4 rings (SSSR count). The molecule has 9 heteroatoms. The third kappa shape index (κ3) is 4.40. The highest BCUT2D eigenvalue weighted by Crippen LogP contribution is 2.61. The molecule has 0 saturated heterocycles. The van der Waals surface area contributed by atoms with Gasteiger partial charge in [0.2, 0.25) is 0 Å². The van der Waals surface area contributed by atoms with Crippen molar-refractivity contribution < 1.29 is 35.3 Å². The van der Waals surface area contributed by atoms with Gasteiger partial charge in [-0.25, -0.2) is 0 Å². The highest BCUT2D eigenvalue weighted by Gasteiger charge is 2.56. The van der Waals surface area contributed by atoms with Gasteiger partial charge in [-0.15, -0.1) is 0 Å². The molecule has 1 aromatic carbocycles. The van der Waals surface area contributed by atoms with E-state index in [9.17, 15) is 26.4 Å². The van der Waals surface area contributed by atoms with Gasteiger partial charge in [0.25, 0.3) is 0 Å². The summed E-state index contributed by atoms with van der Waals surface area (Å²) in [5.74, 6) is 0.335. The fourth-order valence-electron chi connectivity index (χ4n) is 6.09. The minimum Gasteiger partial charge on any atom is -0.466 e. The Labute approximate surface area is 192 Å². The van der Waals surface area contributed by atoms with Crippen molar-refractivity contribution >= 4 is 16.1 Å². The number of esters is 1. The first kappa shape index (κ1) is 24.1. The molecule has 0 heterocycles. The summed E-state index contributed by atoms with van der Waals surface area (Å²) in [7, 11) is -5.67. The Morgan fingerprint density at radius 1 is 1.24 bits per heavy atom. The lowest BCUT2D eigenvalue weighted by atomic mass is 9.55. The van der Waals surface area contributed by atoms with Crippen molar-refractivity contribution in [1.82, 2.24) is 0 Å². The molecule has 0 bridgehead atoms. The van der Waals surface area contributed by atoms with Crippen LogP contribution in [0.25, 0.3) is 0 Å². The summed E-state index contributed by atoms with van der Waals surface area (Å²) in [6.07, 6.45) is 6.12. The smallest absolute Gasteiger partial charge is 0.466 e. The molecule has 5 nitrogen and oxygen atoms in total. The lowest BCUT2D eigenvalue weighted by molar-refractivity contribution is -0.143. The molecule has 182 valence electrons. The number of carbonyl (C=O) groups excluding carboxylic acids is 1. The highest BCUT2D eigenvalue weighted by atomic mass is 32.2. The monoisotopic (exact) mass is 486 g/mol. The number of rotatable bonds is 6. The van der Waals surface area contributed by atoms with Crippen LogP contribution < -0.4 is 0 Å². The first-order valence-electron chi connectivity index (χ1n) is 11.4. The Hall–Kier alpha value is -2.03. The number of halogens is 3. The van der Waals surface area contributed by atoms with Crippen LogP contribution >= 0.6 is 0 Å². The maximum atomic E-state index is 12.9. The summed E-state index contributed by atoms with van der Waals surface area (Å²) in [5, 5.41) is 0. The van der Waals surface area contributed by atoms with Gasteiger partial charge in [0.05, 0.1) is 6.61 Å². The first-order chi connectivity index (χ1) is 15.5. The third-order valence-corrected chi connectivity index (χ3v) is 8.67. The lowest BCUT2D eigenvalue weighted by Crippen LogP contribution is -2.42. The van der Waals surface area contributed by atoms with Crippen LogP contribution in [0.5, 0.6) is 0 Å². The predicted molar refractivity (Wildman–Crippen MR) is 116 cm³/mol. The van der Waals surface area contributed by atoms with Crippen LogP contribution in [-0.4, -0.2) is 26.5 Å². The number of fused-ring (bicyclic) bond motifs is 5. The van der Waals surface area contributed by atoms with Crippen LogP contribution in [0.1, 0.15) is 68.6 Å². The van der Waals surface area contributed by atoms with Crippen molar-refractivity contribution in [1.29, 1.82) is 0 Å². The van der Waals surface area contributed by atoms with Gasteiger partial charge < -0.3 is 8.92 Å². The van der Waals surface area contributed by atoms with E-state index in [1.807, 2.05) is 13.0 Å². The molecule has 0 aliphatic heterocycles. The number of carbonyl (C=O) groups is 1. The molecular formula is C24H29F3O5S. The van der Waals surface area contributed by atoms with E-state index >= 15 is 0 Å². The van der Waals surface area contributed by atoms with Gasteiger partial charge in [-0.1, -0.05) is 25.1 Å². The van der Waals surface area contributed by atoms with E-state index < -0.39 is 21.0 Å². The van der Waals surface area contributed by atoms with Crippen LogP contribution in [-0.2, 0) is 36.7 Å². The SMILES string of the molecule is CCOC(=O)CCc1ccc2c(c1)CC[C@@H]1[C@@H]2CC[C@]2(C)C(OS(=O)(=O)C(F)(F)F)=CC[C@@H]12. The molecule has 3 aliphatic rings. The molecule has 0 aromatic heterocycles. The molecule has 1 saturated carbocycles. The molecule has 0 radical (unpaired) electrons. The molecule has 0 amide bonds. The number of hydrogen-bond donors (Lipinski definition) is 0. The van der Waals surface area contributed by atoms with Crippen molar-refractivity contribution in [2.45, 2.75) is 70.2 Å². The summed E-state index contributed by atoms with van der Waals surface area (Å²) >= 11 is 0. The Kier molecular flexibility index (Phi) is 6.31. The summed E-state index contributed by atoms with van der Waals surface area (Å²) in [6.45, 7) is 4.00. The van der Waals surface area contributed by atoms with Crippen LogP contribution in [0.2, 0.25) is 0 Å². The van der Waals surface area contributed by atoms with E-state index in [4.69, 9.17) is 4.74 Å². The number of aryl methyl sites for hydroxylation is 2. The highest BCUT2D eigenvalue weighted by molar-refractivity contribution is 7.87. The Bertz CT molecular complexity index is 1060. The number of alkyl halides is 3. The van der Waals surface area contributed by atoms with Gasteiger partial charge in [-0.3, -0.25) is 4.79 Å². The molecule has 0 N–H and O–H groups in total. The van der Waals surface area contributed by atoms with E-state index in [0.717, 1.165) is 24.8 Å². The maximum Gasteiger partial charge on any atom is 0.534 e. The fraction of sp³-hybridized carbons (Fsp3) is 0.625. The Balaban J connectivity index is 1.49. The van der Waals surface area contributed by atoms with Crippen molar-refractivity contribution in [3.63, 3.8) is 0 Å². The molecule has 0 unspecified atom stereocenters. The summed E-state index contributed by atoms with van der Waals surface area (Å²) in [6, 6.07) is 6.34. The minimum absolute atomic E-state index is 0.0475. The van der Waals surface area contributed by atoms with Crippen molar-refractivity contribution in [2.24, 2.45) is 17.3 Å². The van der Waals surface area contributed by atoms with Gasteiger partial charge in [0, 0.05) is 11.8 Å². The molecule has 1 aromatic rings. The van der Waals surface area contributed by atoms with E-state index in [0.29, 0.717) is 32.3 Å². The number of allylic oxidation sites excluding steroid dienone is 2. The zero-order valence-corrected chi connectivity index (χ0v) is 19.6. The second kappa shape index (κ2) is 8.64. The van der Waals surface area contributed by atoms with Gasteiger partial charge in [0.1, 0.15) is 5.76 Å². The van der Waals surface area contributed by atoms with E-state index in [-0.39, 0.29) is 29.5 Å². The van der Waals surface area contributed by atoms with Gasteiger partial charge in [-0.2, -0.15) is 21.6 Å². The van der Waals surface area contributed by atoms with Crippen molar-refractivity contribution in [3.05, 3.63) is 46.7 Å². The minimum atomic E-state index is -5.67. The number of benzene rings is 1.